The summed E-state index contributed by atoms with van der Waals surface area (Å²) in [4.78, 5) is 13.7. The average Bonchev–Trinajstić information content (AvgIpc) is 3.48. The number of ether oxygens (including phenoxy) is 1. The van der Waals surface area contributed by atoms with Gasteiger partial charge in [0.05, 0.1) is 29.4 Å². The van der Waals surface area contributed by atoms with Crippen LogP contribution in [-0.4, -0.2) is 62.6 Å². The number of fused-ring (bicyclic) bond motifs is 1. The molecule has 1 aliphatic heterocycles. The molecule has 0 atom stereocenters. The zero-order chi connectivity index (χ0) is 18.9. The Bertz CT molecular complexity index is 960. The molecule has 2 aromatic heterocycles. The molecule has 1 aromatic carbocycles. The first-order valence-corrected chi connectivity index (χ1v) is 9.95. The van der Waals surface area contributed by atoms with Crippen molar-refractivity contribution in [3.8, 4) is 5.88 Å². The number of anilines is 1. The lowest BCUT2D eigenvalue weighted by atomic mass is 10.2. The van der Waals surface area contributed by atoms with Gasteiger partial charge in [0.15, 0.2) is 0 Å². The molecule has 2 fully saturated rings. The second-order valence-corrected chi connectivity index (χ2v) is 7.75. The lowest BCUT2D eigenvalue weighted by Crippen LogP contribution is -2.46. The molecule has 8 nitrogen and oxygen atoms in total. The van der Waals surface area contributed by atoms with E-state index in [1.807, 2.05) is 17.9 Å². The summed E-state index contributed by atoms with van der Waals surface area (Å²) in [6, 6.07) is 6.41. The number of nitrogens with zero attached hydrogens (tertiary/aromatic N) is 7. The summed E-state index contributed by atoms with van der Waals surface area (Å²) in [5.41, 5.74) is 3.29. The van der Waals surface area contributed by atoms with Crippen molar-refractivity contribution in [2.75, 3.05) is 37.7 Å². The molecule has 0 amide bonds. The molecule has 8 heteroatoms. The number of aryl methyl sites for hydroxylation is 1. The van der Waals surface area contributed by atoms with Crippen LogP contribution in [0.2, 0.25) is 0 Å². The van der Waals surface area contributed by atoms with Crippen LogP contribution >= 0.6 is 0 Å². The van der Waals surface area contributed by atoms with Crippen molar-refractivity contribution in [3.05, 3.63) is 36.4 Å². The van der Waals surface area contributed by atoms with Gasteiger partial charge in [-0.05, 0) is 37.0 Å². The number of benzene rings is 1. The summed E-state index contributed by atoms with van der Waals surface area (Å²) in [7, 11) is 1.94. The molecular weight excluding hydrogens is 354 g/mol. The van der Waals surface area contributed by atoms with Gasteiger partial charge in [-0.3, -0.25) is 9.58 Å². The molecule has 0 bridgehead atoms. The van der Waals surface area contributed by atoms with Crippen molar-refractivity contribution in [2.24, 2.45) is 13.0 Å². The Labute approximate surface area is 164 Å². The maximum atomic E-state index is 5.98. The monoisotopic (exact) mass is 379 g/mol. The highest BCUT2D eigenvalue weighted by Gasteiger charge is 2.23. The number of hydrogen-bond donors (Lipinski definition) is 0. The Morgan fingerprint density at radius 3 is 2.71 bits per heavy atom. The van der Waals surface area contributed by atoms with Crippen LogP contribution in [0.5, 0.6) is 5.88 Å². The van der Waals surface area contributed by atoms with Gasteiger partial charge in [-0.2, -0.15) is 0 Å². The van der Waals surface area contributed by atoms with Gasteiger partial charge in [0.1, 0.15) is 6.33 Å². The van der Waals surface area contributed by atoms with Crippen LogP contribution in [-0.2, 0) is 13.6 Å². The van der Waals surface area contributed by atoms with Crippen molar-refractivity contribution in [1.82, 2.24) is 29.9 Å². The fraction of sp³-hybridized carbons (Fsp3) is 0.500. The van der Waals surface area contributed by atoms with Gasteiger partial charge in [-0.15, -0.1) is 5.10 Å². The summed E-state index contributed by atoms with van der Waals surface area (Å²) in [6.45, 7) is 5.66. The molecule has 3 heterocycles. The summed E-state index contributed by atoms with van der Waals surface area (Å²) >= 11 is 0. The van der Waals surface area contributed by atoms with Gasteiger partial charge >= 0.3 is 0 Å². The highest BCUT2D eigenvalue weighted by molar-refractivity contribution is 5.86. The van der Waals surface area contributed by atoms with Gasteiger partial charge in [-0.25, -0.2) is 9.97 Å². The van der Waals surface area contributed by atoms with Crippen molar-refractivity contribution in [1.29, 1.82) is 0 Å². The predicted molar refractivity (Wildman–Crippen MR) is 106 cm³/mol. The molecule has 0 unspecified atom stereocenters. The van der Waals surface area contributed by atoms with Crippen molar-refractivity contribution in [3.63, 3.8) is 0 Å². The average molecular weight is 379 g/mol. The first kappa shape index (κ1) is 17.4. The molecule has 28 heavy (non-hydrogen) atoms. The van der Waals surface area contributed by atoms with Gasteiger partial charge in [-0.1, -0.05) is 5.21 Å². The Morgan fingerprint density at radius 1 is 1.11 bits per heavy atom. The second-order valence-electron chi connectivity index (χ2n) is 7.75. The Kier molecular flexibility index (Phi) is 4.56. The standard InChI is InChI=1S/C20H25N7O/c1-25-17(11-23-24-25)12-26-6-8-27(9-7-26)16-4-5-19-18(10-16)20(22-14-21-19)28-13-15-2-3-15/h4-5,10-11,14-15H,2-3,6-9,12-13H2,1H3. The molecule has 3 aromatic rings. The summed E-state index contributed by atoms with van der Waals surface area (Å²) < 4.78 is 7.83. The number of hydrogen-bond acceptors (Lipinski definition) is 7. The van der Waals surface area contributed by atoms with Crippen LogP contribution in [0.4, 0.5) is 5.69 Å². The van der Waals surface area contributed by atoms with E-state index in [1.165, 1.54) is 18.5 Å². The molecule has 1 saturated carbocycles. The van der Waals surface area contributed by atoms with Crippen LogP contribution in [0.3, 0.4) is 0 Å². The van der Waals surface area contributed by atoms with Gasteiger partial charge in [0.25, 0.3) is 0 Å². The van der Waals surface area contributed by atoms with Crippen LogP contribution in [0.15, 0.2) is 30.7 Å². The maximum absolute atomic E-state index is 5.98. The minimum absolute atomic E-state index is 0.705. The van der Waals surface area contributed by atoms with Crippen LogP contribution in [0.25, 0.3) is 10.9 Å². The van der Waals surface area contributed by atoms with Gasteiger partial charge in [0, 0.05) is 45.5 Å². The van der Waals surface area contributed by atoms with E-state index in [4.69, 9.17) is 4.74 Å². The molecule has 146 valence electrons. The topological polar surface area (TPSA) is 72.2 Å². The lowest BCUT2D eigenvalue weighted by molar-refractivity contribution is 0.244. The SMILES string of the molecule is Cn1nncc1CN1CCN(c2ccc3ncnc(OCC4CC4)c3c2)CC1. The van der Waals surface area contributed by atoms with E-state index in [0.717, 1.165) is 55.9 Å². The Balaban J connectivity index is 1.28. The fourth-order valence-corrected chi connectivity index (χ4v) is 3.66. The Morgan fingerprint density at radius 2 is 1.96 bits per heavy atom. The van der Waals surface area contributed by atoms with E-state index in [9.17, 15) is 0 Å². The van der Waals surface area contributed by atoms with E-state index >= 15 is 0 Å². The summed E-state index contributed by atoms with van der Waals surface area (Å²) in [5, 5.41) is 8.99. The summed E-state index contributed by atoms with van der Waals surface area (Å²) in [5.74, 6) is 1.41. The third-order valence-corrected chi connectivity index (χ3v) is 5.67. The highest BCUT2D eigenvalue weighted by Crippen LogP contribution is 2.32. The molecule has 0 radical (unpaired) electrons. The van der Waals surface area contributed by atoms with E-state index in [1.54, 1.807) is 6.33 Å². The van der Waals surface area contributed by atoms with E-state index in [0.29, 0.717) is 11.8 Å². The van der Waals surface area contributed by atoms with Crippen molar-refractivity contribution >= 4 is 16.6 Å². The van der Waals surface area contributed by atoms with E-state index in [-0.39, 0.29) is 0 Å². The zero-order valence-electron chi connectivity index (χ0n) is 16.2. The predicted octanol–water partition coefficient (Wildman–Crippen LogP) is 1.87. The normalized spacial score (nSPS) is 18.0. The molecule has 2 aliphatic rings. The van der Waals surface area contributed by atoms with Crippen LogP contribution < -0.4 is 9.64 Å². The molecule has 1 aliphatic carbocycles. The number of piperazine rings is 1. The van der Waals surface area contributed by atoms with Crippen molar-refractivity contribution in [2.45, 2.75) is 19.4 Å². The van der Waals surface area contributed by atoms with Crippen molar-refractivity contribution < 1.29 is 4.74 Å². The second kappa shape index (κ2) is 7.35. The molecular formula is C20H25N7O. The molecule has 5 rings (SSSR count). The minimum atomic E-state index is 0.705. The maximum Gasteiger partial charge on any atom is 0.224 e. The third-order valence-electron chi connectivity index (χ3n) is 5.67. The fourth-order valence-electron chi connectivity index (χ4n) is 3.66. The van der Waals surface area contributed by atoms with Gasteiger partial charge in [0.2, 0.25) is 5.88 Å². The zero-order valence-corrected chi connectivity index (χ0v) is 16.2. The lowest BCUT2D eigenvalue weighted by Gasteiger charge is -2.36. The van der Waals surface area contributed by atoms with E-state index in [2.05, 4.69) is 48.3 Å². The number of rotatable bonds is 6. The van der Waals surface area contributed by atoms with Gasteiger partial charge < -0.3 is 9.64 Å². The highest BCUT2D eigenvalue weighted by atomic mass is 16.5. The first-order chi connectivity index (χ1) is 13.8. The molecule has 0 spiro atoms. The quantitative estimate of drug-likeness (QED) is 0.647. The minimum Gasteiger partial charge on any atom is -0.477 e. The largest absolute Gasteiger partial charge is 0.477 e. The molecule has 0 N–H and O–H groups in total. The van der Waals surface area contributed by atoms with E-state index < -0.39 is 0 Å². The molecule has 1 saturated heterocycles. The van der Waals surface area contributed by atoms with Crippen LogP contribution in [0.1, 0.15) is 18.5 Å². The number of aromatic nitrogens is 5. The summed E-state index contributed by atoms with van der Waals surface area (Å²) in [6.07, 6.45) is 5.98. The smallest absolute Gasteiger partial charge is 0.224 e. The Hall–Kier alpha value is -2.74. The van der Waals surface area contributed by atoms with Crippen LogP contribution in [0, 0.1) is 5.92 Å². The first-order valence-electron chi connectivity index (χ1n) is 9.95. The third kappa shape index (κ3) is 3.64.